The number of carbonyl (C=O) groups is 1. The van der Waals surface area contributed by atoms with Gasteiger partial charge < -0.3 is 15.2 Å². The molecule has 2 heterocycles. The topological polar surface area (TPSA) is 63.1 Å². The van der Waals surface area contributed by atoms with Gasteiger partial charge in [0.25, 0.3) is 11.5 Å². The second-order valence-electron chi connectivity index (χ2n) is 4.70. The van der Waals surface area contributed by atoms with Crippen LogP contribution in [0.4, 0.5) is 0 Å². The van der Waals surface area contributed by atoms with Gasteiger partial charge in [0.2, 0.25) is 0 Å². The Labute approximate surface area is 106 Å². The van der Waals surface area contributed by atoms with E-state index in [1.165, 1.54) is 23.5 Å². The smallest absolute Gasteiger partial charge is 0.251 e. The van der Waals surface area contributed by atoms with Crippen LogP contribution in [-0.2, 0) is 7.05 Å². The van der Waals surface area contributed by atoms with Gasteiger partial charge in [0.05, 0.1) is 0 Å². The van der Waals surface area contributed by atoms with Crippen molar-refractivity contribution in [3.05, 3.63) is 34.2 Å². The highest BCUT2D eigenvalue weighted by Crippen LogP contribution is 2.07. The molecule has 0 bridgehead atoms. The fourth-order valence-corrected chi connectivity index (χ4v) is 2.15. The van der Waals surface area contributed by atoms with Crippen molar-refractivity contribution in [3.63, 3.8) is 0 Å². The summed E-state index contributed by atoms with van der Waals surface area (Å²) in [5.74, 6) is -0.175. The molecule has 1 aromatic heterocycles. The minimum absolute atomic E-state index is 0.167. The lowest BCUT2D eigenvalue weighted by Crippen LogP contribution is -2.31. The third kappa shape index (κ3) is 3.20. The summed E-state index contributed by atoms with van der Waals surface area (Å²) >= 11 is 0. The Hall–Kier alpha value is -1.62. The third-order valence-electron chi connectivity index (χ3n) is 3.31. The zero-order chi connectivity index (χ0) is 13.0. The Morgan fingerprint density at radius 1 is 1.61 bits per heavy atom. The van der Waals surface area contributed by atoms with Crippen LogP contribution in [0.15, 0.2) is 23.1 Å². The quantitative estimate of drug-likeness (QED) is 0.804. The molecular formula is C13H19N3O2. The lowest BCUT2D eigenvalue weighted by atomic mass is 10.1. The number of amides is 1. The summed E-state index contributed by atoms with van der Waals surface area (Å²) in [5, 5.41) is 6.23. The maximum absolute atomic E-state index is 11.8. The summed E-state index contributed by atoms with van der Waals surface area (Å²) in [4.78, 5) is 23.2. The van der Waals surface area contributed by atoms with Crippen LogP contribution in [-0.4, -0.2) is 29.6 Å². The Morgan fingerprint density at radius 2 is 2.44 bits per heavy atom. The van der Waals surface area contributed by atoms with Crippen LogP contribution in [0.2, 0.25) is 0 Å². The molecule has 0 aromatic carbocycles. The molecule has 1 saturated heterocycles. The largest absolute Gasteiger partial charge is 0.352 e. The van der Waals surface area contributed by atoms with Gasteiger partial charge in [-0.1, -0.05) is 0 Å². The van der Waals surface area contributed by atoms with E-state index in [0.29, 0.717) is 18.2 Å². The van der Waals surface area contributed by atoms with E-state index >= 15 is 0 Å². The second-order valence-corrected chi connectivity index (χ2v) is 4.70. The molecule has 1 aliphatic heterocycles. The van der Waals surface area contributed by atoms with Gasteiger partial charge in [-0.3, -0.25) is 9.59 Å². The molecule has 1 aromatic rings. The number of nitrogens with zero attached hydrogens (tertiary/aromatic N) is 1. The van der Waals surface area contributed by atoms with Gasteiger partial charge in [-0.05, 0) is 31.9 Å². The number of pyridine rings is 1. The molecule has 5 nitrogen and oxygen atoms in total. The Morgan fingerprint density at radius 3 is 3.11 bits per heavy atom. The van der Waals surface area contributed by atoms with Gasteiger partial charge in [0, 0.05) is 37.5 Å². The molecule has 1 aliphatic rings. The molecule has 2 N–H and O–H groups in total. The van der Waals surface area contributed by atoms with Crippen LogP contribution in [0.5, 0.6) is 0 Å². The number of hydrogen-bond acceptors (Lipinski definition) is 3. The first-order valence-electron chi connectivity index (χ1n) is 6.35. The highest BCUT2D eigenvalue weighted by atomic mass is 16.2. The maximum atomic E-state index is 11.8. The average Bonchev–Trinajstić information content (AvgIpc) is 2.85. The van der Waals surface area contributed by atoms with Crippen molar-refractivity contribution in [3.8, 4) is 0 Å². The zero-order valence-electron chi connectivity index (χ0n) is 10.6. The van der Waals surface area contributed by atoms with Gasteiger partial charge in [0.1, 0.15) is 0 Å². The molecule has 2 rings (SSSR count). The van der Waals surface area contributed by atoms with E-state index < -0.39 is 0 Å². The molecule has 5 heteroatoms. The Kier molecular flexibility index (Phi) is 4.15. The number of hydrogen-bond donors (Lipinski definition) is 2. The normalized spacial score (nSPS) is 18.8. The van der Waals surface area contributed by atoms with Crippen LogP contribution in [0, 0.1) is 0 Å². The van der Waals surface area contributed by atoms with Crippen molar-refractivity contribution in [2.24, 2.45) is 7.05 Å². The number of carbonyl (C=O) groups excluding carboxylic acids is 1. The van der Waals surface area contributed by atoms with Crippen LogP contribution in [0.1, 0.15) is 29.6 Å². The molecule has 1 fully saturated rings. The molecule has 0 aliphatic carbocycles. The average molecular weight is 249 g/mol. The lowest BCUT2D eigenvalue weighted by molar-refractivity contribution is 0.0952. The number of rotatable bonds is 4. The fraction of sp³-hybridized carbons (Fsp3) is 0.538. The van der Waals surface area contributed by atoms with Crippen molar-refractivity contribution < 1.29 is 4.79 Å². The Balaban J connectivity index is 1.83. The van der Waals surface area contributed by atoms with Crippen LogP contribution >= 0.6 is 0 Å². The van der Waals surface area contributed by atoms with E-state index in [1.54, 1.807) is 19.3 Å². The van der Waals surface area contributed by atoms with Crippen molar-refractivity contribution in [2.75, 3.05) is 13.1 Å². The van der Waals surface area contributed by atoms with E-state index in [2.05, 4.69) is 10.6 Å². The molecule has 0 saturated carbocycles. The molecule has 0 radical (unpaired) electrons. The third-order valence-corrected chi connectivity index (χ3v) is 3.31. The molecule has 1 atom stereocenters. The first-order chi connectivity index (χ1) is 8.66. The molecule has 98 valence electrons. The van der Waals surface area contributed by atoms with Gasteiger partial charge in [-0.25, -0.2) is 0 Å². The van der Waals surface area contributed by atoms with Crippen molar-refractivity contribution in [2.45, 2.75) is 25.3 Å². The summed E-state index contributed by atoms with van der Waals surface area (Å²) in [5.41, 5.74) is 0.262. The number of nitrogens with one attached hydrogen (secondary N) is 2. The maximum Gasteiger partial charge on any atom is 0.251 e. The van der Waals surface area contributed by atoms with Gasteiger partial charge >= 0.3 is 0 Å². The predicted octanol–water partition coefficient (Wildman–Crippen LogP) is 0.257. The first-order valence-corrected chi connectivity index (χ1v) is 6.35. The molecule has 0 spiro atoms. The first kappa shape index (κ1) is 12.8. The predicted molar refractivity (Wildman–Crippen MR) is 69.7 cm³/mol. The second kappa shape index (κ2) is 5.82. The highest BCUT2D eigenvalue weighted by molar-refractivity contribution is 5.93. The summed E-state index contributed by atoms with van der Waals surface area (Å²) in [7, 11) is 1.66. The fourth-order valence-electron chi connectivity index (χ4n) is 2.15. The van der Waals surface area contributed by atoms with Crippen molar-refractivity contribution in [1.82, 2.24) is 15.2 Å². The summed E-state index contributed by atoms with van der Waals surface area (Å²) in [6.45, 7) is 1.72. The van der Waals surface area contributed by atoms with E-state index in [9.17, 15) is 9.59 Å². The highest BCUT2D eigenvalue weighted by Gasteiger charge is 2.14. The zero-order valence-corrected chi connectivity index (χ0v) is 10.6. The number of aryl methyl sites for hydroxylation is 1. The Bertz CT molecular complexity index is 475. The summed E-state index contributed by atoms with van der Waals surface area (Å²) < 4.78 is 1.44. The lowest BCUT2D eigenvalue weighted by Gasteiger charge is -2.10. The standard InChI is InChI=1S/C13H19N3O2/c1-16-8-5-10(9-12(16)17)13(18)15-7-4-11-3-2-6-14-11/h5,8-9,11,14H,2-4,6-7H2,1H3,(H,15,18)/t11-/m1/s1. The van der Waals surface area contributed by atoms with E-state index in [1.807, 2.05) is 0 Å². The summed E-state index contributed by atoms with van der Waals surface area (Å²) in [6, 6.07) is 3.54. The van der Waals surface area contributed by atoms with E-state index in [0.717, 1.165) is 13.0 Å². The van der Waals surface area contributed by atoms with Crippen molar-refractivity contribution in [1.29, 1.82) is 0 Å². The van der Waals surface area contributed by atoms with Crippen LogP contribution in [0.3, 0.4) is 0 Å². The molecule has 0 unspecified atom stereocenters. The van der Waals surface area contributed by atoms with Crippen LogP contribution in [0.25, 0.3) is 0 Å². The molecule has 1 amide bonds. The van der Waals surface area contributed by atoms with Crippen molar-refractivity contribution >= 4 is 5.91 Å². The SMILES string of the molecule is Cn1ccc(C(=O)NCC[C@H]2CCCN2)cc1=O. The molecular weight excluding hydrogens is 230 g/mol. The van der Waals surface area contributed by atoms with Gasteiger partial charge in [-0.15, -0.1) is 0 Å². The monoisotopic (exact) mass is 249 g/mol. The van der Waals surface area contributed by atoms with E-state index in [4.69, 9.17) is 0 Å². The van der Waals surface area contributed by atoms with Gasteiger partial charge in [0.15, 0.2) is 0 Å². The number of aromatic nitrogens is 1. The van der Waals surface area contributed by atoms with E-state index in [-0.39, 0.29) is 11.5 Å². The minimum Gasteiger partial charge on any atom is -0.352 e. The van der Waals surface area contributed by atoms with Gasteiger partial charge in [-0.2, -0.15) is 0 Å². The molecule has 18 heavy (non-hydrogen) atoms. The minimum atomic E-state index is -0.175. The van der Waals surface area contributed by atoms with Crippen LogP contribution < -0.4 is 16.2 Å². The summed E-state index contributed by atoms with van der Waals surface area (Å²) in [6.07, 6.45) is 4.95.